The predicted molar refractivity (Wildman–Crippen MR) is 68.9 cm³/mol. The van der Waals surface area contributed by atoms with Gasteiger partial charge in [-0.2, -0.15) is 5.10 Å². The van der Waals surface area contributed by atoms with Crippen LogP contribution < -0.4 is 0 Å². The summed E-state index contributed by atoms with van der Waals surface area (Å²) in [5, 5.41) is 5.44. The molecule has 0 saturated heterocycles. The van der Waals surface area contributed by atoms with Crippen molar-refractivity contribution in [2.24, 2.45) is 7.05 Å². The molecule has 2 aromatic rings. The molecule has 0 aliphatic heterocycles. The van der Waals surface area contributed by atoms with E-state index in [-0.39, 0.29) is 5.41 Å². The van der Waals surface area contributed by atoms with Crippen molar-refractivity contribution in [2.75, 3.05) is 0 Å². The Morgan fingerprint density at radius 1 is 1.29 bits per heavy atom. The minimum atomic E-state index is 0.124. The van der Waals surface area contributed by atoms with Gasteiger partial charge < -0.3 is 0 Å². The molecule has 0 aromatic carbocycles. The topological polar surface area (TPSA) is 43.6 Å². The molecule has 1 unspecified atom stereocenters. The summed E-state index contributed by atoms with van der Waals surface area (Å²) in [7, 11) is 1.93. The maximum atomic E-state index is 4.52. The van der Waals surface area contributed by atoms with Gasteiger partial charge in [0.15, 0.2) is 5.65 Å². The zero-order valence-electron chi connectivity index (χ0n) is 11.1. The molecule has 0 saturated carbocycles. The maximum absolute atomic E-state index is 4.52. The minimum Gasteiger partial charge on any atom is -0.273 e. The second-order valence-electron chi connectivity index (χ2n) is 4.93. The van der Waals surface area contributed by atoms with Gasteiger partial charge in [0.05, 0.1) is 11.1 Å². The first-order valence-electron chi connectivity index (χ1n) is 6.25. The van der Waals surface area contributed by atoms with Gasteiger partial charge in [-0.15, -0.1) is 0 Å². The van der Waals surface area contributed by atoms with Crippen molar-refractivity contribution < 1.29 is 0 Å². The third kappa shape index (κ3) is 2.04. The highest BCUT2D eigenvalue weighted by Gasteiger charge is 2.28. The summed E-state index contributed by atoms with van der Waals surface area (Å²) in [6.07, 6.45) is 7.05. The summed E-state index contributed by atoms with van der Waals surface area (Å²) >= 11 is 0. The number of hydrogen-bond acceptors (Lipinski definition) is 3. The molecule has 1 atom stereocenters. The van der Waals surface area contributed by atoms with E-state index >= 15 is 0 Å². The van der Waals surface area contributed by atoms with Crippen LogP contribution in [-0.4, -0.2) is 19.7 Å². The number of nitrogens with zero attached hydrogens (tertiary/aromatic N) is 4. The maximum Gasteiger partial charge on any atom is 0.184 e. The standard InChI is InChI=1S/C13H20N4/c1-5-7-13(3,6-2)11-10-8-17(4)16-12(10)15-9-14-11/h8-9H,5-7H2,1-4H3. The van der Waals surface area contributed by atoms with E-state index in [2.05, 4.69) is 35.8 Å². The van der Waals surface area contributed by atoms with Crippen LogP contribution in [0.1, 0.15) is 45.7 Å². The smallest absolute Gasteiger partial charge is 0.184 e. The first kappa shape index (κ1) is 12.0. The van der Waals surface area contributed by atoms with E-state index in [4.69, 9.17) is 0 Å². The second-order valence-corrected chi connectivity index (χ2v) is 4.93. The number of rotatable bonds is 4. The largest absolute Gasteiger partial charge is 0.273 e. The lowest BCUT2D eigenvalue weighted by atomic mass is 9.78. The van der Waals surface area contributed by atoms with Crippen molar-refractivity contribution >= 4 is 11.0 Å². The molecule has 17 heavy (non-hydrogen) atoms. The van der Waals surface area contributed by atoms with Crippen molar-refractivity contribution in [1.82, 2.24) is 19.7 Å². The van der Waals surface area contributed by atoms with Crippen molar-refractivity contribution in [3.8, 4) is 0 Å². The van der Waals surface area contributed by atoms with Gasteiger partial charge in [0.1, 0.15) is 6.33 Å². The fourth-order valence-electron chi connectivity index (χ4n) is 2.45. The molecular weight excluding hydrogens is 212 g/mol. The molecule has 92 valence electrons. The molecule has 0 N–H and O–H groups in total. The summed E-state index contributed by atoms with van der Waals surface area (Å²) in [5.74, 6) is 0. The van der Waals surface area contributed by atoms with Crippen molar-refractivity contribution in [1.29, 1.82) is 0 Å². The number of hydrogen-bond donors (Lipinski definition) is 0. The van der Waals surface area contributed by atoms with Crippen LogP contribution in [0, 0.1) is 0 Å². The average Bonchev–Trinajstić information content (AvgIpc) is 2.68. The van der Waals surface area contributed by atoms with Crippen LogP contribution in [0.25, 0.3) is 11.0 Å². The summed E-state index contributed by atoms with van der Waals surface area (Å²) in [4.78, 5) is 8.74. The third-order valence-corrected chi connectivity index (χ3v) is 3.59. The predicted octanol–water partition coefficient (Wildman–Crippen LogP) is 2.83. The van der Waals surface area contributed by atoms with Crippen molar-refractivity contribution in [2.45, 2.75) is 45.4 Å². The van der Waals surface area contributed by atoms with Gasteiger partial charge in [-0.05, 0) is 12.8 Å². The van der Waals surface area contributed by atoms with E-state index in [1.165, 1.54) is 0 Å². The second kappa shape index (κ2) is 4.43. The Morgan fingerprint density at radius 3 is 2.71 bits per heavy atom. The first-order chi connectivity index (χ1) is 8.10. The fourth-order valence-corrected chi connectivity index (χ4v) is 2.45. The SMILES string of the molecule is CCCC(C)(CC)c1ncnc2nn(C)cc12. The lowest BCUT2D eigenvalue weighted by molar-refractivity contribution is 0.405. The Hall–Kier alpha value is -1.45. The molecule has 0 bridgehead atoms. The van der Waals surface area contributed by atoms with Crippen LogP contribution in [-0.2, 0) is 12.5 Å². The molecule has 0 aliphatic carbocycles. The molecule has 0 spiro atoms. The van der Waals surface area contributed by atoms with Crippen LogP contribution in [0.2, 0.25) is 0 Å². The number of aromatic nitrogens is 4. The van der Waals surface area contributed by atoms with Crippen LogP contribution in [0.3, 0.4) is 0 Å². The molecule has 2 heterocycles. The summed E-state index contributed by atoms with van der Waals surface area (Å²) in [5.41, 5.74) is 2.06. The zero-order chi connectivity index (χ0) is 12.5. The molecule has 0 amide bonds. The molecule has 2 aromatic heterocycles. The molecule has 4 heteroatoms. The van der Waals surface area contributed by atoms with Crippen LogP contribution in [0.4, 0.5) is 0 Å². The molecular formula is C13H20N4. The molecule has 0 aliphatic rings. The Morgan fingerprint density at radius 2 is 2.06 bits per heavy atom. The summed E-state index contributed by atoms with van der Waals surface area (Å²) < 4.78 is 1.81. The van der Waals surface area contributed by atoms with Crippen LogP contribution in [0.5, 0.6) is 0 Å². The van der Waals surface area contributed by atoms with Crippen molar-refractivity contribution in [3.63, 3.8) is 0 Å². The molecule has 4 nitrogen and oxygen atoms in total. The minimum absolute atomic E-state index is 0.124. The third-order valence-electron chi connectivity index (χ3n) is 3.59. The highest BCUT2D eigenvalue weighted by atomic mass is 15.3. The van der Waals surface area contributed by atoms with E-state index < -0.39 is 0 Å². The average molecular weight is 232 g/mol. The van der Waals surface area contributed by atoms with Gasteiger partial charge in [0.2, 0.25) is 0 Å². The monoisotopic (exact) mass is 232 g/mol. The quantitative estimate of drug-likeness (QED) is 0.814. The van der Waals surface area contributed by atoms with E-state index in [0.29, 0.717) is 0 Å². The van der Waals surface area contributed by atoms with Crippen LogP contribution >= 0.6 is 0 Å². The van der Waals surface area contributed by atoms with E-state index in [1.807, 2.05) is 17.9 Å². The molecule has 2 rings (SSSR count). The van der Waals surface area contributed by atoms with Gasteiger partial charge >= 0.3 is 0 Å². The lowest BCUT2D eigenvalue weighted by Crippen LogP contribution is -2.22. The first-order valence-corrected chi connectivity index (χ1v) is 6.25. The van der Waals surface area contributed by atoms with E-state index in [0.717, 1.165) is 36.0 Å². The Balaban J connectivity index is 2.60. The normalized spacial score (nSPS) is 15.1. The van der Waals surface area contributed by atoms with Gasteiger partial charge in [0.25, 0.3) is 0 Å². The van der Waals surface area contributed by atoms with Gasteiger partial charge in [-0.3, -0.25) is 4.68 Å². The summed E-state index contributed by atoms with van der Waals surface area (Å²) in [6.45, 7) is 6.72. The van der Waals surface area contributed by atoms with E-state index in [1.54, 1.807) is 6.33 Å². The fraction of sp³-hybridized carbons (Fsp3) is 0.615. The molecule has 0 fully saturated rings. The van der Waals surface area contributed by atoms with E-state index in [9.17, 15) is 0 Å². The Bertz CT molecular complexity index is 517. The van der Waals surface area contributed by atoms with Crippen molar-refractivity contribution in [3.05, 3.63) is 18.2 Å². The molecule has 0 radical (unpaired) electrons. The Kier molecular flexibility index (Phi) is 3.13. The van der Waals surface area contributed by atoms with Gasteiger partial charge in [0, 0.05) is 18.7 Å². The number of aryl methyl sites for hydroxylation is 1. The highest BCUT2D eigenvalue weighted by Crippen LogP contribution is 2.34. The van der Waals surface area contributed by atoms with Crippen LogP contribution in [0.15, 0.2) is 12.5 Å². The summed E-state index contributed by atoms with van der Waals surface area (Å²) in [6, 6.07) is 0. The highest BCUT2D eigenvalue weighted by molar-refractivity contribution is 5.77. The van der Waals surface area contributed by atoms with Gasteiger partial charge in [-0.25, -0.2) is 9.97 Å². The van der Waals surface area contributed by atoms with Gasteiger partial charge in [-0.1, -0.05) is 27.2 Å². The lowest BCUT2D eigenvalue weighted by Gasteiger charge is -2.27. The number of fused-ring (bicyclic) bond motifs is 1. The Labute approximate surface area is 102 Å². The zero-order valence-corrected chi connectivity index (χ0v) is 11.1.